The maximum atomic E-state index is 12.1. The van der Waals surface area contributed by atoms with Crippen molar-refractivity contribution in [3.8, 4) is 0 Å². The first-order valence-electron chi connectivity index (χ1n) is 7.66. The Balaban J connectivity index is 1.63. The number of aryl methyl sites for hydroxylation is 1. The van der Waals surface area contributed by atoms with Gasteiger partial charge in [0.15, 0.2) is 0 Å². The van der Waals surface area contributed by atoms with Crippen LogP contribution in [0.4, 0.5) is 0 Å². The summed E-state index contributed by atoms with van der Waals surface area (Å²) < 4.78 is 0. The van der Waals surface area contributed by atoms with Crippen LogP contribution in [0.5, 0.6) is 0 Å². The lowest BCUT2D eigenvalue weighted by atomic mass is 10.0. The SMILES string of the molecule is Cc1cccc2[nH]cc(CCNC(=O)C3(O)CCCC3)c12. The van der Waals surface area contributed by atoms with Crippen LogP contribution in [-0.4, -0.2) is 28.1 Å². The summed E-state index contributed by atoms with van der Waals surface area (Å²) in [5.74, 6) is -0.212. The van der Waals surface area contributed by atoms with Crippen LogP contribution < -0.4 is 5.32 Å². The number of aromatic amines is 1. The number of carbonyl (C=O) groups is 1. The van der Waals surface area contributed by atoms with E-state index >= 15 is 0 Å². The molecule has 1 amide bonds. The van der Waals surface area contributed by atoms with Crippen molar-refractivity contribution in [2.75, 3.05) is 6.54 Å². The fourth-order valence-corrected chi connectivity index (χ4v) is 3.31. The van der Waals surface area contributed by atoms with Crippen molar-refractivity contribution < 1.29 is 9.90 Å². The van der Waals surface area contributed by atoms with Gasteiger partial charge in [-0.1, -0.05) is 12.1 Å². The van der Waals surface area contributed by atoms with Gasteiger partial charge in [0.2, 0.25) is 0 Å². The number of hydrogen-bond donors (Lipinski definition) is 3. The van der Waals surface area contributed by atoms with Crippen LogP contribution in [0.3, 0.4) is 0 Å². The standard InChI is InChI=1S/C17H22N2O2/c1-12-5-4-6-14-15(12)13(11-19-14)7-10-18-16(20)17(21)8-2-3-9-17/h4-6,11,19,21H,2-3,7-10H2,1H3,(H,18,20). The van der Waals surface area contributed by atoms with Crippen molar-refractivity contribution in [2.45, 2.75) is 44.6 Å². The summed E-state index contributed by atoms with van der Waals surface area (Å²) in [5, 5.41) is 14.3. The van der Waals surface area contributed by atoms with Crippen LogP contribution in [0.25, 0.3) is 10.9 Å². The topological polar surface area (TPSA) is 65.1 Å². The predicted octanol–water partition coefficient (Wildman–Crippen LogP) is 2.44. The van der Waals surface area contributed by atoms with Crippen LogP contribution in [-0.2, 0) is 11.2 Å². The second-order valence-corrected chi connectivity index (χ2v) is 6.06. The number of nitrogens with one attached hydrogen (secondary N) is 2. The lowest BCUT2D eigenvalue weighted by Gasteiger charge is -2.20. The zero-order valence-corrected chi connectivity index (χ0v) is 12.4. The smallest absolute Gasteiger partial charge is 0.251 e. The minimum Gasteiger partial charge on any atom is -0.380 e. The minimum absolute atomic E-state index is 0.212. The second-order valence-electron chi connectivity index (χ2n) is 6.06. The molecular weight excluding hydrogens is 264 g/mol. The first-order valence-corrected chi connectivity index (χ1v) is 7.66. The monoisotopic (exact) mass is 286 g/mol. The Morgan fingerprint density at radius 1 is 1.38 bits per heavy atom. The van der Waals surface area contributed by atoms with Gasteiger partial charge in [-0.3, -0.25) is 4.79 Å². The Hall–Kier alpha value is -1.81. The van der Waals surface area contributed by atoms with E-state index in [1.165, 1.54) is 16.5 Å². The molecule has 0 radical (unpaired) electrons. The molecule has 0 bridgehead atoms. The highest BCUT2D eigenvalue weighted by Crippen LogP contribution is 2.29. The van der Waals surface area contributed by atoms with E-state index in [-0.39, 0.29) is 5.91 Å². The molecule has 1 aliphatic carbocycles. The molecule has 1 saturated carbocycles. The predicted molar refractivity (Wildman–Crippen MR) is 83.2 cm³/mol. The number of H-pyrrole nitrogens is 1. The van der Waals surface area contributed by atoms with Gasteiger partial charge in [0.1, 0.15) is 5.60 Å². The molecule has 2 aromatic rings. The minimum atomic E-state index is -1.13. The van der Waals surface area contributed by atoms with Gasteiger partial charge in [-0.15, -0.1) is 0 Å². The van der Waals surface area contributed by atoms with Crippen LogP contribution in [0.1, 0.15) is 36.8 Å². The van der Waals surface area contributed by atoms with Crippen molar-refractivity contribution in [2.24, 2.45) is 0 Å². The third-order valence-electron chi connectivity index (χ3n) is 4.53. The van der Waals surface area contributed by atoms with E-state index in [0.29, 0.717) is 19.4 Å². The van der Waals surface area contributed by atoms with Crippen molar-refractivity contribution in [1.82, 2.24) is 10.3 Å². The van der Waals surface area contributed by atoms with Crippen molar-refractivity contribution in [1.29, 1.82) is 0 Å². The van der Waals surface area contributed by atoms with Gasteiger partial charge in [0.25, 0.3) is 5.91 Å². The van der Waals surface area contributed by atoms with E-state index in [2.05, 4.69) is 29.4 Å². The molecule has 0 spiro atoms. The molecule has 1 aromatic heterocycles. The van der Waals surface area contributed by atoms with Gasteiger partial charge in [0.05, 0.1) is 0 Å². The quantitative estimate of drug-likeness (QED) is 0.808. The normalized spacial score (nSPS) is 17.2. The number of fused-ring (bicyclic) bond motifs is 1. The molecule has 0 aliphatic heterocycles. The van der Waals surface area contributed by atoms with Gasteiger partial charge in [0, 0.05) is 23.6 Å². The van der Waals surface area contributed by atoms with Gasteiger partial charge >= 0.3 is 0 Å². The molecule has 1 fully saturated rings. The highest BCUT2D eigenvalue weighted by molar-refractivity contribution is 5.87. The maximum absolute atomic E-state index is 12.1. The maximum Gasteiger partial charge on any atom is 0.251 e. The Labute approximate surface area is 124 Å². The highest BCUT2D eigenvalue weighted by atomic mass is 16.3. The second kappa shape index (κ2) is 5.53. The molecule has 0 atom stereocenters. The van der Waals surface area contributed by atoms with Crippen LogP contribution in [0.15, 0.2) is 24.4 Å². The van der Waals surface area contributed by atoms with E-state index in [1.54, 1.807) is 0 Å². The molecule has 4 heteroatoms. The van der Waals surface area contributed by atoms with Gasteiger partial charge < -0.3 is 15.4 Å². The summed E-state index contributed by atoms with van der Waals surface area (Å²) in [5.41, 5.74) is 2.45. The van der Waals surface area contributed by atoms with E-state index in [1.807, 2.05) is 12.3 Å². The number of aromatic nitrogens is 1. The Bertz CT molecular complexity index is 654. The molecule has 1 aromatic carbocycles. The zero-order chi connectivity index (χ0) is 14.9. The molecule has 4 nitrogen and oxygen atoms in total. The fourth-order valence-electron chi connectivity index (χ4n) is 3.31. The lowest BCUT2D eigenvalue weighted by molar-refractivity contribution is -0.139. The van der Waals surface area contributed by atoms with E-state index < -0.39 is 5.60 Å². The summed E-state index contributed by atoms with van der Waals surface area (Å²) in [6.45, 7) is 2.65. The number of carbonyl (C=O) groups excluding carboxylic acids is 1. The third kappa shape index (κ3) is 2.68. The molecule has 3 N–H and O–H groups in total. The van der Waals surface area contributed by atoms with Crippen LogP contribution >= 0.6 is 0 Å². The average Bonchev–Trinajstić information content (AvgIpc) is 3.07. The molecule has 112 valence electrons. The third-order valence-corrected chi connectivity index (χ3v) is 4.53. The van der Waals surface area contributed by atoms with Crippen LogP contribution in [0, 0.1) is 6.92 Å². The summed E-state index contributed by atoms with van der Waals surface area (Å²) in [7, 11) is 0. The Morgan fingerprint density at radius 3 is 2.90 bits per heavy atom. The molecule has 21 heavy (non-hydrogen) atoms. The lowest BCUT2D eigenvalue weighted by Crippen LogP contribution is -2.45. The first kappa shape index (κ1) is 14.1. The van der Waals surface area contributed by atoms with E-state index in [0.717, 1.165) is 24.8 Å². The zero-order valence-electron chi connectivity index (χ0n) is 12.4. The van der Waals surface area contributed by atoms with Gasteiger partial charge in [-0.25, -0.2) is 0 Å². The van der Waals surface area contributed by atoms with Gasteiger partial charge in [-0.2, -0.15) is 0 Å². The van der Waals surface area contributed by atoms with E-state index in [9.17, 15) is 9.90 Å². The molecule has 1 heterocycles. The van der Waals surface area contributed by atoms with Crippen molar-refractivity contribution >= 4 is 16.8 Å². The summed E-state index contributed by atoms with van der Waals surface area (Å²) in [6.07, 6.45) is 5.83. The Kier molecular flexibility index (Phi) is 3.72. The van der Waals surface area contributed by atoms with Crippen molar-refractivity contribution in [3.63, 3.8) is 0 Å². The summed E-state index contributed by atoms with van der Waals surface area (Å²) in [4.78, 5) is 15.3. The largest absolute Gasteiger partial charge is 0.380 e. The van der Waals surface area contributed by atoms with Gasteiger partial charge in [-0.05, 0) is 56.2 Å². The number of hydrogen-bond acceptors (Lipinski definition) is 2. The van der Waals surface area contributed by atoms with Crippen LogP contribution in [0.2, 0.25) is 0 Å². The fraction of sp³-hybridized carbons (Fsp3) is 0.471. The number of amides is 1. The molecule has 0 unspecified atom stereocenters. The Morgan fingerprint density at radius 2 is 2.14 bits per heavy atom. The summed E-state index contributed by atoms with van der Waals surface area (Å²) >= 11 is 0. The number of rotatable bonds is 4. The highest BCUT2D eigenvalue weighted by Gasteiger charge is 2.38. The molecule has 0 saturated heterocycles. The molecule has 3 rings (SSSR count). The first-order chi connectivity index (χ1) is 10.1. The summed E-state index contributed by atoms with van der Waals surface area (Å²) in [6, 6.07) is 6.19. The van der Waals surface area contributed by atoms with E-state index in [4.69, 9.17) is 0 Å². The number of aliphatic hydroxyl groups is 1. The molecular formula is C17H22N2O2. The number of benzene rings is 1. The average molecular weight is 286 g/mol. The van der Waals surface area contributed by atoms with Crippen molar-refractivity contribution in [3.05, 3.63) is 35.5 Å². The molecule has 1 aliphatic rings.